The van der Waals surface area contributed by atoms with Gasteiger partial charge in [0.15, 0.2) is 0 Å². The van der Waals surface area contributed by atoms with E-state index in [1.54, 1.807) is 18.3 Å². The normalized spacial score (nSPS) is 16.1. The van der Waals surface area contributed by atoms with Crippen molar-refractivity contribution in [2.45, 2.75) is 32.4 Å². The molecule has 2 heterocycles. The van der Waals surface area contributed by atoms with Crippen molar-refractivity contribution >= 4 is 11.9 Å². The molecule has 1 saturated heterocycles. The highest BCUT2D eigenvalue weighted by molar-refractivity contribution is 5.93. The lowest BCUT2D eigenvalue weighted by atomic mass is 10.0. The van der Waals surface area contributed by atoms with E-state index in [9.17, 15) is 9.59 Å². The first-order chi connectivity index (χ1) is 9.63. The Morgan fingerprint density at radius 3 is 2.75 bits per heavy atom. The molecule has 0 unspecified atom stereocenters. The molecule has 6 nitrogen and oxygen atoms in total. The van der Waals surface area contributed by atoms with Crippen LogP contribution in [0.25, 0.3) is 0 Å². The van der Waals surface area contributed by atoms with Crippen LogP contribution in [0.15, 0.2) is 18.3 Å². The Labute approximate surface area is 118 Å². The average Bonchev–Trinajstić information content (AvgIpc) is 2.88. The third kappa shape index (κ3) is 3.19. The van der Waals surface area contributed by atoms with Crippen LogP contribution in [0.5, 0.6) is 0 Å². The van der Waals surface area contributed by atoms with Gasteiger partial charge in [0, 0.05) is 18.8 Å². The van der Waals surface area contributed by atoms with E-state index in [4.69, 9.17) is 5.11 Å². The molecule has 1 amide bonds. The van der Waals surface area contributed by atoms with Crippen LogP contribution in [-0.4, -0.2) is 52.1 Å². The number of carbonyl (C=O) groups is 2. The number of piperidine rings is 1. The molecule has 1 fully saturated rings. The van der Waals surface area contributed by atoms with Gasteiger partial charge >= 0.3 is 5.97 Å². The Balaban J connectivity index is 2.15. The van der Waals surface area contributed by atoms with Crippen LogP contribution in [0, 0.1) is 0 Å². The fourth-order valence-corrected chi connectivity index (χ4v) is 2.72. The highest BCUT2D eigenvalue weighted by atomic mass is 16.4. The molecule has 2 rings (SSSR count). The Bertz CT molecular complexity index is 478. The minimum absolute atomic E-state index is 0.0781. The predicted octanol–water partition coefficient (Wildman–Crippen LogP) is 0.787. The van der Waals surface area contributed by atoms with Crippen LogP contribution < -0.4 is 5.32 Å². The number of hydrogen-bond donors (Lipinski definition) is 2. The number of hydrogen-bond acceptors (Lipinski definition) is 3. The van der Waals surface area contributed by atoms with Gasteiger partial charge < -0.3 is 19.9 Å². The van der Waals surface area contributed by atoms with E-state index in [1.165, 1.54) is 4.57 Å². The third-order valence-corrected chi connectivity index (χ3v) is 3.71. The monoisotopic (exact) mass is 279 g/mol. The van der Waals surface area contributed by atoms with Gasteiger partial charge in [-0.05, 0) is 45.0 Å². The van der Waals surface area contributed by atoms with Crippen LogP contribution in [-0.2, 0) is 11.3 Å². The quantitative estimate of drug-likeness (QED) is 0.835. The molecule has 0 bridgehead atoms. The molecule has 0 aliphatic carbocycles. The van der Waals surface area contributed by atoms with Crippen molar-refractivity contribution < 1.29 is 14.7 Å². The number of carboxylic acid groups (broad SMARTS) is 1. The molecule has 1 aromatic rings. The van der Waals surface area contributed by atoms with E-state index in [0.29, 0.717) is 12.2 Å². The maximum Gasteiger partial charge on any atom is 0.323 e. The molecule has 0 radical (unpaired) electrons. The molecule has 0 spiro atoms. The lowest BCUT2D eigenvalue weighted by molar-refractivity contribution is -0.137. The fraction of sp³-hybridized carbons (Fsp3) is 0.571. The van der Waals surface area contributed by atoms with E-state index in [0.717, 1.165) is 25.9 Å². The van der Waals surface area contributed by atoms with Crippen molar-refractivity contribution in [1.29, 1.82) is 0 Å². The molecule has 6 heteroatoms. The number of aromatic nitrogens is 1. The third-order valence-electron chi connectivity index (χ3n) is 3.71. The zero-order valence-corrected chi connectivity index (χ0v) is 11.7. The SMILES string of the molecule is CCN(C(=O)c1cccn1CC(=O)O)C1CCNCC1. The van der Waals surface area contributed by atoms with Gasteiger partial charge in [-0.15, -0.1) is 0 Å². The first-order valence-corrected chi connectivity index (χ1v) is 7.02. The van der Waals surface area contributed by atoms with Crippen molar-refractivity contribution in [1.82, 2.24) is 14.8 Å². The Hall–Kier alpha value is -1.82. The van der Waals surface area contributed by atoms with Gasteiger partial charge in [-0.1, -0.05) is 0 Å². The second-order valence-electron chi connectivity index (χ2n) is 4.99. The zero-order valence-electron chi connectivity index (χ0n) is 11.7. The molecule has 20 heavy (non-hydrogen) atoms. The molecular formula is C14H21N3O3. The predicted molar refractivity (Wildman–Crippen MR) is 74.7 cm³/mol. The molecule has 0 aromatic carbocycles. The van der Waals surface area contributed by atoms with Gasteiger partial charge in [-0.25, -0.2) is 0 Å². The van der Waals surface area contributed by atoms with E-state index >= 15 is 0 Å². The highest BCUT2D eigenvalue weighted by Crippen LogP contribution is 2.16. The summed E-state index contributed by atoms with van der Waals surface area (Å²) in [4.78, 5) is 25.3. The fourth-order valence-electron chi connectivity index (χ4n) is 2.72. The molecule has 2 N–H and O–H groups in total. The molecule has 1 aliphatic heterocycles. The van der Waals surface area contributed by atoms with E-state index in [1.807, 2.05) is 11.8 Å². The smallest absolute Gasteiger partial charge is 0.323 e. The summed E-state index contributed by atoms with van der Waals surface area (Å²) in [5.74, 6) is -1.02. The Kier molecular flexibility index (Phi) is 4.79. The van der Waals surface area contributed by atoms with Gasteiger partial charge in [0.25, 0.3) is 5.91 Å². The molecule has 1 aliphatic rings. The molecule has 1 aromatic heterocycles. The first kappa shape index (κ1) is 14.6. The molecule has 0 atom stereocenters. The summed E-state index contributed by atoms with van der Waals surface area (Å²) < 4.78 is 1.49. The van der Waals surface area contributed by atoms with Gasteiger partial charge in [0.1, 0.15) is 12.2 Å². The maximum absolute atomic E-state index is 12.6. The van der Waals surface area contributed by atoms with Crippen molar-refractivity contribution in [3.63, 3.8) is 0 Å². The molecule has 110 valence electrons. The number of aliphatic carboxylic acids is 1. The summed E-state index contributed by atoms with van der Waals surface area (Å²) in [5.41, 5.74) is 0.452. The summed E-state index contributed by atoms with van der Waals surface area (Å²) in [6.45, 7) is 4.26. The number of nitrogens with zero attached hydrogens (tertiary/aromatic N) is 2. The summed E-state index contributed by atoms with van der Waals surface area (Å²) in [5, 5.41) is 12.2. The minimum atomic E-state index is -0.944. The second kappa shape index (κ2) is 6.56. The van der Waals surface area contributed by atoms with Crippen molar-refractivity contribution in [3.8, 4) is 0 Å². The van der Waals surface area contributed by atoms with Gasteiger partial charge in [-0.2, -0.15) is 0 Å². The van der Waals surface area contributed by atoms with Crippen molar-refractivity contribution in [3.05, 3.63) is 24.0 Å². The molecule has 0 saturated carbocycles. The lowest BCUT2D eigenvalue weighted by Gasteiger charge is -2.34. The first-order valence-electron chi connectivity index (χ1n) is 7.02. The number of carbonyl (C=O) groups excluding carboxylic acids is 1. The van der Waals surface area contributed by atoms with Crippen LogP contribution in [0.3, 0.4) is 0 Å². The van der Waals surface area contributed by atoms with Crippen LogP contribution in [0.2, 0.25) is 0 Å². The van der Waals surface area contributed by atoms with Gasteiger partial charge in [0.2, 0.25) is 0 Å². The number of rotatable bonds is 5. The number of carboxylic acids is 1. The Morgan fingerprint density at radius 1 is 1.45 bits per heavy atom. The topological polar surface area (TPSA) is 74.6 Å². The van der Waals surface area contributed by atoms with Crippen molar-refractivity contribution in [2.24, 2.45) is 0 Å². The zero-order chi connectivity index (χ0) is 14.5. The van der Waals surface area contributed by atoms with Crippen LogP contribution >= 0.6 is 0 Å². The standard InChI is InChI=1S/C14H21N3O3/c1-2-17(11-5-7-15-8-6-11)14(20)12-4-3-9-16(12)10-13(18)19/h3-4,9,11,15H,2,5-8,10H2,1H3,(H,18,19). The molecular weight excluding hydrogens is 258 g/mol. The summed E-state index contributed by atoms with van der Waals surface area (Å²) in [6, 6.07) is 3.64. The van der Waals surface area contributed by atoms with Crippen LogP contribution in [0.4, 0.5) is 0 Å². The summed E-state index contributed by atoms with van der Waals surface area (Å²) in [6.07, 6.45) is 3.52. The van der Waals surface area contributed by atoms with Crippen LogP contribution in [0.1, 0.15) is 30.3 Å². The lowest BCUT2D eigenvalue weighted by Crippen LogP contribution is -2.46. The van der Waals surface area contributed by atoms with E-state index < -0.39 is 5.97 Å². The summed E-state index contributed by atoms with van der Waals surface area (Å²) in [7, 11) is 0. The van der Waals surface area contributed by atoms with E-state index in [-0.39, 0.29) is 18.5 Å². The van der Waals surface area contributed by atoms with Crippen molar-refractivity contribution in [2.75, 3.05) is 19.6 Å². The average molecular weight is 279 g/mol. The van der Waals surface area contributed by atoms with Gasteiger partial charge in [0.05, 0.1) is 0 Å². The minimum Gasteiger partial charge on any atom is -0.480 e. The Morgan fingerprint density at radius 2 is 2.15 bits per heavy atom. The van der Waals surface area contributed by atoms with E-state index in [2.05, 4.69) is 5.32 Å². The largest absolute Gasteiger partial charge is 0.480 e. The summed E-state index contributed by atoms with van der Waals surface area (Å²) >= 11 is 0. The maximum atomic E-state index is 12.6. The highest BCUT2D eigenvalue weighted by Gasteiger charge is 2.26. The number of amides is 1. The van der Waals surface area contributed by atoms with Gasteiger partial charge in [-0.3, -0.25) is 9.59 Å². The second-order valence-corrected chi connectivity index (χ2v) is 4.99. The number of nitrogens with one attached hydrogen (secondary N) is 1.